The summed E-state index contributed by atoms with van der Waals surface area (Å²) in [7, 11) is -2.14. The number of carbonyl (C=O) groups excluding carboxylic acids is 1. The van der Waals surface area contributed by atoms with Crippen molar-refractivity contribution in [2.75, 3.05) is 25.1 Å². The summed E-state index contributed by atoms with van der Waals surface area (Å²) in [5.41, 5.74) is 2.10. The first-order valence-electron chi connectivity index (χ1n) is 9.41. The summed E-state index contributed by atoms with van der Waals surface area (Å²) in [5, 5.41) is 6.05. The van der Waals surface area contributed by atoms with Crippen molar-refractivity contribution >= 4 is 33.0 Å². The second-order valence-corrected chi connectivity index (χ2v) is 9.34. The van der Waals surface area contributed by atoms with E-state index in [2.05, 4.69) is 9.97 Å². The van der Waals surface area contributed by atoms with Crippen molar-refractivity contribution in [2.24, 2.45) is 17.0 Å². The maximum absolute atomic E-state index is 12.8. The highest BCUT2D eigenvalue weighted by atomic mass is 32.2. The van der Waals surface area contributed by atoms with Crippen LogP contribution in [0.3, 0.4) is 0 Å². The molecule has 11 heteroatoms. The number of fused-ring (bicyclic) bond motifs is 4. The van der Waals surface area contributed by atoms with Crippen LogP contribution in [-0.2, 0) is 21.6 Å². The Kier molecular flexibility index (Phi) is 4.16. The number of hydrogen-bond acceptors (Lipinski definition) is 7. The van der Waals surface area contributed by atoms with Crippen LogP contribution < -0.4 is 14.8 Å². The number of anilines is 1. The van der Waals surface area contributed by atoms with Crippen LogP contribution in [0.4, 0.5) is 10.5 Å². The Morgan fingerprint density at radius 1 is 1.24 bits per heavy atom. The molecule has 0 radical (unpaired) electrons. The number of ether oxygens (including phenoxy) is 2. The lowest BCUT2D eigenvalue weighted by Gasteiger charge is -2.34. The van der Waals surface area contributed by atoms with E-state index in [1.54, 1.807) is 24.3 Å². The highest BCUT2D eigenvalue weighted by Gasteiger charge is 2.48. The number of methoxy groups -OCH3 is 1. The van der Waals surface area contributed by atoms with Gasteiger partial charge in [0, 0.05) is 42.3 Å². The fourth-order valence-electron chi connectivity index (χ4n) is 4.87. The summed E-state index contributed by atoms with van der Waals surface area (Å²) in [4.78, 5) is 23.2. The molecule has 3 aliphatic rings. The molecule has 1 aliphatic carbocycles. The number of amides is 1. The second-order valence-electron chi connectivity index (χ2n) is 7.79. The molecule has 2 aromatic heterocycles. The van der Waals surface area contributed by atoms with Gasteiger partial charge in [-0.3, -0.25) is 4.90 Å². The summed E-state index contributed by atoms with van der Waals surface area (Å²) in [6.07, 6.45) is 2.67. The molecule has 4 heterocycles. The lowest BCUT2D eigenvalue weighted by molar-refractivity contribution is 0.138. The van der Waals surface area contributed by atoms with E-state index < -0.39 is 16.3 Å². The van der Waals surface area contributed by atoms with E-state index in [-0.39, 0.29) is 24.5 Å². The molecule has 1 amide bonds. The van der Waals surface area contributed by atoms with Crippen molar-refractivity contribution in [3.05, 3.63) is 23.9 Å². The molecule has 2 atom stereocenters. The van der Waals surface area contributed by atoms with Gasteiger partial charge in [0.1, 0.15) is 6.61 Å². The summed E-state index contributed by atoms with van der Waals surface area (Å²) < 4.78 is 35.2. The summed E-state index contributed by atoms with van der Waals surface area (Å²) in [6, 6.07) is 3.53. The predicted molar refractivity (Wildman–Crippen MR) is 103 cm³/mol. The molecule has 2 aromatic rings. The van der Waals surface area contributed by atoms with Crippen molar-refractivity contribution in [3.63, 3.8) is 0 Å². The number of cyclic esters (lactones) is 1. The Morgan fingerprint density at radius 3 is 2.62 bits per heavy atom. The van der Waals surface area contributed by atoms with Gasteiger partial charge in [-0.2, -0.15) is 17.7 Å². The molecule has 2 unspecified atom stereocenters. The normalized spacial score (nSPS) is 27.0. The lowest BCUT2D eigenvalue weighted by atomic mass is 10.0. The topological polar surface area (TPSA) is 128 Å². The van der Waals surface area contributed by atoms with Crippen molar-refractivity contribution in [3.8, 4) is 5.88 Å². The zero-order chi connectivity index (χ0) is 20.3. The van der Waals surface area contributed by atoms with Crippen LogP contribution in [-0.4, -0.2) is 55.0 Å². The van der Waals surface area contributed by atoms with Gasteiger partial charge in [0.25, 0.3) is 10.2 Å². The first-order chi connectivity index (χ1) is 13.8. The van der Waals surface area contributed by atoms with E-state index >= 15 is 0 Å². The first kappa shape index (κ1) is 18.5. The third-order valence-electron chi connectivity index (χ3n) is 6.17. The molecule has 29 heavy (non-hydrogen) atoms. The van der Waals surface area contributed by atoms with Crippen LogP contribution in [0.25, 0.3) is 11.0 Å². The molecule has 0 bridgehead atoms. The van der Waals surface area contributed by atoms with E-state index in [1.807, 2.05) is 6.07 Å². The van der Waals surface area contributed by atoms with E-state index in [0.717, 1.165) is 16.6 Å². The molecule has 2 N–H and O–H groups in total. The Bertz CT molecular complexity index is 1090. The molecule has 5 rings (SSSR count). The average Bonchev–Trinajstić information content (AvgIpc) is 3.26. The van der Waals surface area contributed by atoms with E-state index in [1.165, 1.54) is 4.31 Å². The van der Waals surface area contributed by atoms with Crippen molar-refractivity contribution in [1.29, 1.82) is 0 Å². The van der Waals surface area contributed by atoms with Gasteiger partial charge < -0.3 is 9.47 Å². The Balaban J connectivity index is 1.50. The molecule has 10 nitrogen and oxygen atoms in total. The monoisotopic (exact) mass is 419 g/mol. The third-order valence-corrected chi connectivity index (χ3v) is 7.18. The van der Waals surface area contributed by atoms with Gasteiger partial charge >= 0.3 is 6.09 Å². The molecule has 1 saturated heterocycles. The van der Waals surface area contributed by atoms with Crippen LogP contribution in [0.1, 0.15) is 18.4 Å². The van der Waals surface area contributed by atoms with Crippen molar-refractivity contribution < 1.29 is 22.7 Å². The van der Waals surface area contributed by atoms with Crippen molar-refractivity contribution in [2.45, 2.75) is 25.5 Å². The molecule has 154 valence electrons. The Labute approximate surface area is 167 Å². The minimum absolute atomic E-state index is 0.0770. The number of rotatable bonds is 3. The maximum atomic E-state index is 12.8. The van der Waals surface area contributed by atoms with Gasteiger partial charge in [-0.25, -0.2) is 14.9 Å². The number of carbonyl (C=O) groups is 1. The zero-order valence-corrected chi connectivity index (χ0v) is 16.6. The van der Waals surface area contributed by atoms with Gasteiger partial charge in [0.05, 0.1) is 12.8 Å². The highest BCUT2D eigenvalue weighted by Crippen LogP contribution is 2.45. The van der Waals surface area contributed by atoms with Crippen molar-refractivity contribution in [1.82, 2.24) is 14.3 Å². The third kappa shape index (κ3) is 3.00. The van der Waals surface area contributed by atoms with Gasteiger partial charge in [0.2, 0.25) is 5.88 Å². The smallest absolute Gasteiger partial charge is 0.414 e. The highest BCUT2D eigenvalue weighted by molar-refractivity contribution is 7.86. The Hall–Kier alpha value is -2.50. The minimum atomic E-state index is -3.68. The van der Waals surface area contributed by atoms with Gasteiger partial charge in [-0.1, -0.05) is 0 Å². The van der Waals surface area contributed by atoms with Crippen LogP contribution >= 0.6 is 0 Å². The number of pyridine rings is 2. The first-order valence-corrected chi connectivity index (χ1v) is 10.9. The summed E-state index contributed by atoms with van der Waals surface area (Å²) in [6.45, 7) is 0.954. The quantitative estimate of drug-likeness (QED) is 0.786. The van der Waals surface area contributed by atoms with Gasteiger partial charge in [0.15, 0.2) is 5.65 Å². The van der Waals surface area contributed by atoms with Crippen LogP contribution in [0.2, 0.25) is 0 Å². The van der Waals surface area contributed by atoms with E-state index in [0.29, 0.717) is 37.5 Å². The largest absolute Gasteiger partial charge is 0.481 e. The fourth-order valence-corrected chi connectivity index (χ4v) is 5.67. The van der Waals surface area contributed by atoms with Crippen LogP contribution in [0, 0.1) is 11.8 Å². The SMILES string of the molecule is COc1ccc2c3c(cnc2n1)COC(=O)N3C1CC2CN(S(N)(=O)=O)CC2C1. The zero-order valence-electron chi connectivity index (χ0n) is 15.8. The summed E-state index contributed by atoms with van der Waals surface area (Å²) >= 11 is 0. The molecule has 0 spiro atoms. The molecule has 0 aromatic carbocycles. The maximum Gasteiger partial charge on any atom is 0.414 e. The molecule has 2 aliphatic heterocycles. The van der Waals surface area contributed by atoms with E-state index in [4.69, 9.17) is 14.6 Å². The molecule has 2 fully saturated rings. The van der Waals surface area contributed by atoms with Gasteiger partial charge in [-0.05, 0) is 30.7 Å². The number of nitrogens with two attached hydrogens (primary N) is 1. The van der Waals surface area contributed by atoms with Crippen LogP contribution in [0.15, 0.2) is 18.3 Å². The van der Waals surface area contributed by atoms with Crippen LogP contribution in [0.5, 0.6) is 5.88 Å². The second kappa shape index (κ2) is 6.51. The predicted octanol–water partition coefficient (Wildman–Crippen LogP) is 1.01. The number of aromatic nitrogens is 2. The molecular weight excluding hydrogens is 398 g/mol. The average molecular weight is 419 g/mol. The standard InChI is InChI=1S/C18H21N5O5S/c1-27-15-3-2-14-16-12(6-20-17(14)21-15)9-28-18(24)23(16)13-4-10-7-22(29(19,25)26)8-11(10)5-13/h2-3,6,10-11,13H,4-5,7-9H2,1H3,(H2,19,25,26). The molecule has 1 saturated carbocycles. The lowest BCUT2D eigenvalue weighted by Crippen LogP contribution is -2.44. The summed E-state index contributed by atoms with van der Waals surface area (Å²) in [5.74, 6) is 0.791. The Morgan fingerprint density at radius 2 is 1.97 bits per heavy atom. The fraction of sp³-hybridized carbons (Fsp3) is 0.500. The molecular formula is C18H21N5O5S. The minimum Gasteiger partial charge on any atom is -0.481 e. The number of hydrogen-bond donors (Lipinski definition) is 1. The van der Waals surface area contributed by atoms with Gasteiger partial charge in [-0.15, -0.1) is 0 Å². The number of nitrogens with zero attached hydrogens (tertiary/aromatic N) is 4. The van der Waals surface area contributed by atoms with E-state index in [9.17, 15) is 13.2 Å².